The molecule has 2 N–H and O–H groups in total. The van der Waals surface area contributed by atoms with Gasteiger partial charge in [0.25, 0.3) is 0 Å². The van der Waals surface area contributed by atoms with Crippen LogP contribution >= 0.6 is 50.7 Å². The van der Waals surface area contributed by atoms with Gasteiger partial charge < -0.3 is 24.4 Å². The van der Waals surface area contributed by atoms with E-state index >= 15 is 0 Å². The Hall–Kier alpha value is -6.15. The predicted molar refractivity (Wildman–Crippen MR) is 285 cm³/mol. The number of carbonyl (C=O) groups is 6. The lowest BCUT2D eigenvalue weighted by Gasteiger charge is -2.07. The number of hydrogen-bond donors (Lipinski definition) is 2. The smallest absolute Gasteiger partial charge is 0.337 e. The van der Waals surface area contributed by atoms with E-state index in [1.807, 2.05) is 151 Å². The van der Waals surface area contributed by atoms with Crippen molar-refractivity contribution in [3.05, 3.63) is 212 Å². The Labute approximate surface area is 440 Å². The number of carbonyl (C=O) groups excluding carboxylic acids is 5. The highest BCUT2D eigenvalue weighted by molar-refractivity contribution is 9.09. The molecule has 71 heavy (non-hydrogen) atoms. The number of halogens is 4. The first-order valence-corrected chi connectivity index (χ1v) is 23.8. The summed E-state index contributed by atoms with van der Waals surface area (Å²) in [6, 6.07) is 44.6. The van der Waals surface area contributed by atoms with Gasteiger partial charge in [-0.05, 0) is 81.0 Å². The molecule has 0 amide bonds. The molecule has 6 rings (SSSR count). The second-order valence-corrected chi connectivity index (χ2v) is 17.7. The first kappa shape index (κ1) is 62.9. The van der Waals surface area contributed by atoms with Gasteiger partial charge in [0.2, 0.25) is 5.24 Å². The van der Waals surface area contributed by atoms with Crippen LogP contribution in [0.5, 0.6) is 0 Å². The number of aldehydes is 1. The first-order valence-electron chi connectivity index (χ1n) is 21.7. The van der Waals surface area contributed by atoms with E-state index in [4.69, 9.17) is 45.0 Å². The van der Waals surface area contributed by atoms with Crippen LogP contribution in [0.15, 0.2) is 146 Å². The van der Waals surface area contributed by atoms with Crippen molar-refractivity contribution >= 4 is 86.1 Å². The molecule has 0 radical (unpaired) electrons. The summed E-state index contributed by atoms with van der Waals surface area (Å²) >= 11 is 20.0. The monoisotopic (exact) mass is 1090 g/mol. The molecule has 4 unspecified atom stereocenters. The number of aliphatic hydroxyl groups is 1. The van der Waals surface area contributed by atoms with Crippen LogP contribution in [0, 0.1) is 41.5 Å². The standard InChI is InChI=1S/C10H11BrO2.C10H11ClO2.C10H12O2.C9H8Cl2O.C9H10O3.C8H8O/c2*1-7-3-5-8(6-4-7)9(11)10(12)13-2;1-8-3-5-9(6-4-8)7-10(11)12-2;2*1-6-2-4-7(5-3-6)8(10)9(11)12;1-7-2-4-8(6-9)5-3-7/h2*3-6,9H,1-2H3;3-6H,7H2,1-2H3;2-5,8H,1H3;2-5,8,10H,1H3,(H,11,12);2-6H,1H3. The van der Waals surface area contributed by atoms with Gasteiger partial charge in [-0.2, -0.15) is 0 Å². The number of carboxylic acids is 1. The SMILES string of the molecule is COC(=O)C(Br)c1ccc(C)cc1.COC(=O)C(Cl)c1ccc(C)cc1.COC(=O)Cc1ccc(C)cc1.Cc1ccc(C(Cl)C(=O)Cl)cc1.Cc1ccc(C(O)C(=O)O)cc1.Cc1ccc(C=O)cc1. The number of aliphatic hydroxyl groups excluding tert-OH is 1. The second kappa shape index (κ2) is 34.2. The van der Waals surface area contributed by atoms with Gasteiger partial charge in [0.1, 0.15) is 16.5 Å². The predicted octanol–water partition coefficient (Wildman–Crippen LogP) is 12.7. The Morgan fingerprint density at radius 3 is 1.15 bits per heavy atom. The Morgan fingerprint density at radius 1 is 0.507 bits per heavy atom. The van der Waals surface area contributed by atoms with Crippen LogP contribution in [0.2, 0.25) is 0 Å². The van der Waals surface area contributed by atoms with E-state index in [1.165, 1.54) is 38.0 Å². The Balaban J connectivity index is 0.000000427. The average Bonchev–Trinajstić information content (AvgIpc) is 3.37. The fourth-order valence-electron chi connectivity index (χ4n) is 5.30. The largest absolute Gasteiger partial charge is 0.479 e. The third-order valence-electron chi connectivity index (χ3n) is 9.66. The van der Waals surface area contributed by atoms with E-state index < -0.39 is 34.0 Å². The van der Waals surface area contributed by atoms with Crippen LogP contribution in [0.3, 0.4) is 0 Å². The molecule has 0 aliphatic rings. The molecule has 0 aliphatic carbocycles. The lowest BCUT2D eigenvalue weighted by molar-refractivity contribution is -0.147. The molecule has 0 saturated heterocycles. The molecule has 0 heterocycles. The molecule has 0 aliphatic heterocycles. The zero-order chi connectivity index (χ0) is 53.6. The lowest BCUT2D eigenvalue weighted by atomic mass is 10.1. The molecule has 4 atom stereocenters. The molecule has 378 valence electrons. The molecule has 11 nitrogen and oxygen atoms in total. The van der Waals surface area contributed by atoms with Crippen LogP contribution in [0.25, 0.3) is 0 Å². The summed E-state index contributed by atoms with van der Waals surface area (Å²) in [7, 11) is 4.10. The van der Waals surface area contributed by atoms with E-state index in [0.717, 1.165) is 50.8 Å². The summed E-state index contributed by atoms with van der Waals surface area (Å²) in [5.41, 5.74) is 11.4. The van der Waals surface area contributed by atoms with Gasteiger partial charge in [-0.3, -0.25) is 24.0 Å². The first-order chi connectivity index (χ1) is 33.6. The van der Waals surface area contributed by atoms with E-state index in [1.54, 1.807) is 36.4 Å². The van der Waals surface area contributed by atoms with Gasteiger partial charge in [0, 0.05) is 5.56 Å². The molecule has 0 bridgehead atoms. The summed E-state index contributed by atoms with van der Waals surface area (Å²) in [5.74, 6) is -2.12. The highest BCUT2D eigenvalue weighted by Gasteiger charge is 2.18. The summed E-state index contributed by atoms with van der Waals surface area (Å²) in [5, 5.41) is 15.6. The zero-order valence-corrected chi connectivity index (χ0v) is 44.9. The van der Waals surface area contributed by atoms with Gasteiger partial charge in [0.15, 0.2) is 11.5 Å². The van der Waals surface area contributed by atoms with Crippen molar-refractivity contribution in [2.45, 2.75) is 69.6 Å². The number of esters is 3. The maximum Gasteiger partial charge on any atom is 0.337 e. The van der Waals surface area contributed by atoms with Crippen molar-refractivity contribution in [2.24, 2.45) is 0 Å². The van der Waals surface area contributed by atoms with E-state index in [9.17, 15) is 28.8 Å². The number of rotatable bonds is 11. The Kier molecular flexibility index (Phi) is 30.3. The molecular formula is C56H60BrCl3O11. The average molecular weight is 1100 g/mol. The van der Waals surface area contributed by atoms with E-state index in [-0.39, 0.29) is 16.8 Å². The molecule has 15 heteroatoms. The van der Waals surface area contributed by atoms with Gasteiger partial charge >= 0.3 is 23.9 Å². The van der Waals surface area contributed by atoms with Crippen molar-refractivity contribution in [1.29, 1.82) is 0 Å². The molecule has 6 aromatic rings. The van der Waals surface area contributed by atoms with Gasteiger partial charge in [-0.1, -0.05) is 195 Å². The molecule has 0 saturated carbocycles. The van der Waals surface area contributed by atoms with Crippen LogP contribution < -0.4 is 0 Å². The number of carboxylic acid groups (broad SMARTS) is 1. The minimum absolute atomic E-state index is 0.196. The van der Waals surface area contributed by atoms with Crippen LogP contribution in [-0.4, -0.2) is 66.9 Å². The number of benzene rings is 6. The van der Waals surface area contributed by atoms with Gasteiger partial charge in [-0.25, -0.2) is 4.79 Å². The maximum atomic E-state index is 11.1. The quantitative estimate of drug-likeness (QED) is 0.0416. The molecule has 0 fully saturated rings. The minimum Gasteiger partial charge on any atom is -0.479 e. The third kappa shape index (κ3) is 25.5. The van der Waals surface area contributed by atoms with Crippen molar-refractivity contribution in [3.63, 3.8) is 0 Å². The molecule has 0 aromatic heterocycles. The third-order valence-corrected chi connectivity index (χ3v) is 11.8. The Bertz CT molecular complexity index is 2410. The number of hydrogen-bond acceptors (Lipinski definition) is 10. The molecular weight excluding hydrogens is 1030 g/mol. The molecule has 6 aromatic carbocycles. The fraction of sp³-hybridized carbons (Fsp3) is 0.250. The van der Waals surface area contributed by atoms with Crippen molar-refractivity contribution in [3.8, 4) is 0 Å². The van der Waals surface area contributed by atoms with Crippen molar-refractivity contribution in [2.75, 3.05) is 21.3 Å². The van der Waals surface area contributed by atoms with Crippen LogP contribution in [0.1, 0.15) is 93.2 Å². The number of ether oxygens (including phenoxy) is 3. The Morgan fingerprint density at radius 2 is 0.831 bits per heavy atom. The van der Waals surface area contributed by atoms with Gasteiger partial charge in [0.05, 0.1) is 27.8 Å². The summed E-state index contributed by atoms with van der Waals surface area (Å²) in [6.45, 7) is 11.9. The number of aryl methyl sites for hydroxylation is 6. The fourth-order valence-corrected chi connectivity index (χ4v) is 6.30. The lowest BCUT2D eigenvalue weighted by Crippen LogP contribution is -2.09. The van der Waals surface area contributed by atoms with Crippen LogP contribution in [-0.2, 0) is 44.6 Å². The number of aliphatic carboxylic acids is 1. The van der Waals surface area contributed by atoms with Crippen molar-refractivity contribution in [1.82, 2.24) is 0 Å². The van der Waals surface area contributed by atoms with Crippen molar-refractivity contribution < 1.29 is 53.2 Å². The number of methoxy groups -OCH3 is 3. The topological polar surface area (TPSA) is 171 Å². The normalized spacial score (nSPS) is 11.5. The van der Waals surface area contributed by atoms with E-state index in [0.29, 0.717) is 12.0 Å². The highest BCUT2D eigenvalue weighted by Crippen LogP contribution is 2.25. The highest BCUT2D eigenvalue weighted by atomic mass is 79.9. The van der Waals surface area contributed by atoms with Crippen LogP contribution in [0.4, 0.5) is 0 Å². The summed E-state index contributed by atoms with van der Waals surface area (Å²) in [6.07, 6.45) is -0.207. The van der Waals surface area contributed by atoms with E-state index in [2.05, 4.69) is 30.1 Å². The maximum absolute atomic E-state index is 11.1. The minimum atomic E-state index is -1.41. The van der Waals surface area contributed by atoms with Gasteiger partial charge in [-0.15, -0.1) is 23.2 Å². The zero-order valence-electron chi connectivity index (χ0n) is 41.0. The summed E-state index contributed by atoms with van der Waals surface area (Å²) in [4.78, 5) is 63.8. The summed E-state index contributed by atoms with van der Waals surface area (Å²) < 4.78 is 13.7. The molecule has 0 spiro atoms. The number of alkyl halides is 3. The second-order valence-electron chi connectivity index (χ2n) is 15.6.